The molecule has 0 radical (unpaired) electrons. The Hall–Kier alpha value is -3.09. The van der Waals surface area contributed by atoms with Gasteiger partial charge in [0, 0.05) is 56.8 Å². The number of anilines is 1. The van der Waals surface area contributed by atoms with E-state index in [2.05, 4.69) is 39.4 Å². The number of rotatable bonds is 6. The molecule has 6 nitrogen and oxygen atoms in total. The Kier molecular flexibility index (Phi) is 5.74. The zero-order valence-corrected chi connectivity index (χ0v) is 17.5. The van der Waals surface area contributed by atoms with E-state index in [4.69, 9.17) is 9.47 Å². The summed E-state index contributed by atoms with van der Waals surface area (Å²) in [6.45, 7) is 5.96. The van der Waals surface area contributed by atoms with Crippen LogP contribution in [-0.2, 0) is 11.3 Å². The van der Waals surface area contributed by atoms with Gasteiger partial charge in [0.1, 0.15) is 0 Å². The van der Waals surface area contributed by atoms with Crippen molar-refractivity contribution < 1.29 is 14.3 Å². The van der Waals surface area contributed by atoms with Crippen LogP contribution in [0.4, 0.5) is 5.69 Å². The summed E-state index contributed by atoms with van der Waals surface area (Å²) in [5, 5.41) is 5.31. The molecule has 2 heterocycles. The van der Waals surface area contributed by atoms with E-state index in [1.807, 2.05) is 36.4 Å². The normalized spacial score (nSPS) is 16.5. The molecule has 2 aliphatic rings. The first kappa shape index (κ1) is 19.8. The Morgan fingerprint density at radius 3 is 2.55 bits per heavy atom. The molecule has 2 aliphatic heterocycles. The number of carbonyl (C=O) groups excluding carboxylic acids is 1. The smallest absolute Gasteiger partial charge is 0.231 e. The van der Waals surface area contributed by atoms with Gasteiger partial charge < -0.3 is 19.7 Å². The molecule has 6 heteroatoms. The Morgan fingerprint density at radius 1 is 0.871 bits per heavy atom. The molecule has 1 amide bonds. The van der Waals surface area contributed by atoms with Crippen molar-refractivity contribution in [3.8, 4) is 11.5 Å². The van der Waals surface area contributed by atoms with Crippen LogP contribution in [0.25, 0.3) is 10.8 Å². The first-order valence-electron chi connectivity index (χ1n) is 10.9. The molecule has 1 fully saturated rings. The van der Waals surface area contributed by atoms with E-state index < -0.39 is 0 Å². The highest BCUT2D eigenvalue weighted by Crippen LogP contribution is 2.32. The SMILES string of the molecule is O=C(CCN1CCN(Cc2ccc3c(c2)OCO3)CC1)Nc1cccc2ccccc12. The molecule has 31 heavy (non-hydrogen) atoms. The Balaban J connectivity index is 1.08. The summed E-state index contributed by atoms with van der Waals surface area (Å²) >= 11 is 0. The van der Waals surface area contributed by atoms with Crippen molar-refractivity contribution >= 4 is 22.4 Å². The van der Waals surface area contributed by atoms with Crippen LogP contribution in [-0.4, -0.2) is 55.2 Å². The second kappa shape index (κ2) is 8.96. The van der Waals surface area contributed by atoms with E-state index >= 15 is 0 Å². The molecule has 5 rings (SSSR count). The molecule has 0 spiro atoms. The van der Waals surface area contributed by atoms with Crippen molar-refractivity contribution in [2.24, 2.45) is 0 Å². The van der Waals surface area contributed by atoms with Crippen LogP contribution in [0, 0.1) is 0 Å². The third-order valence-electron chi connectivity index (χ3n) is 6.03. The van der Waals surface area contributed by atoms with E-state index in [0.717, 1.165) is 67.2 Å². The van der Waals surface area contributed by atoms with Gasteiger partial charge >= 0.3 is 0 Å². The van der Waals surface area contributed by atoms with Crippen molar-refractivity contribution in [3.05, 3.63) is 66.2 Å². The van der Waals surface area contributed by atoms with Gasteiger partial charge in [0.05, 0.1) is 0 Å². The van der Waals surface area contributed by atoms with E-state index in [9.17, 15) is 4.79 Å². The zero-order valence-electron chi connectivity index (χ0n) is 17.5. The fraction of sp³-hybridized carbons (Fsp3) is 0.320. The number of hydrogen-bond acceptors (Lipinski definition) is 5. The van der Waals surface area contributed by atoms with Gasteiger partial charge in [0.2, 0.25) is 12.7 Å². The Labute approximate surface area is 182 Å². The molecule has 0 aliphatic carbocycles. The number of fused-ring (bicyclic) bond motifs is 2. The maximum atomic E-state index is 12.5. The van der Waals surface area contributed by atoms with Gasteiger partial charge in [0.25, 0.3) is 0 Å². The quantitative estimate of drug-likeness (QED) is 0.663. The molecule has 0 saturated carbocycles. The monoisotopic (exact) mass is 417 g/mol. The van der Waals surface area contributed by atoms with Gasteiger partial charge in [-0.2, -0.15) is 0 Å². The number of carbonyl (C=O) groups is 1. The third-order valence-corrected chi connectivity index (χ3v) is 6.03. The highest BCUT2D eigenvalue weighted by Gasteiger charge is 2.19. The highest BCUT2D eigenvalue weighted by molar-refractivity contribution is 6.02. The van der Waals surface area contributed by atoms with E-state index in [1.54, 1.807) is 0 Å². The first-order valence-corrected chi connectivity index (χ1v) is 10.9. The molecule has 3 aromatic carbocycles. The van der Waals surface area contributed by atoms with Gasteiger partial charge in [0.15, 0.2) is 11.5 Å². The van der Waals surface area contributed by atoms with Gasteiger partial charge in [-0.25, -0.2) is 0 Å². The second-order valence-electron chi connectivity index (χ2n) is 8.13. The standard InChI is InChI=1S/C25H27N3O3/c29-25(26-22-7-3-5-20-4-1-2-6-21(20)22)10-11-27-12-14-28(15-13-27)17-19-8-9-23-24(16-19)31-18-30-23/h1-9,16H,10-15,17-18H2,(H,26,29). The van der Waals surface area contributed by atoms with Crippen molar-refractivity contribution in [2.75, 3.05) is 44.8 Å². The van der Waals surface area contributed by atoms with Crippen LogP contribution >= 0.6 is 0 Å². The third kappa shape index (κ3) is 4.65. The lowest BCUT2D eigenvalue weighted by molar-refractivity contribution is -0.116. The molecule has 0 bridgehead atoms. The van der Waals surface area contributed by atoms with Crippen molar-refractivity contribution in [3.63, 3.8) is 0 Å². The first-order chi connectivity index (χ1) is 15.2. The molecule has 3 aromatic rings. The Morgan fingerprint density at radius 2 is 1.65 bits per heavy atom. The molecule has 0 aromatic heterocycles. The van der Waals surface area contributed by atoms with Crippen molar-refractivity contribution in [1.29, 1.82) is 0 Å². The average Bonchev–Trinajstić information content (AvgIpc) is 3.27. The molecular formula is C25H27N3O3. The largest absolute Gasteiger partial charge is 0.454 e. The molecular weight excluding hydrogens is 390 g/mol. The molecule has 0 atom stereocenters. The summed E-state index contributed by atoms with van der Waals surface area (Å²) in [6.07, 6.45) is 0.505. The van der Waals surface area contributed by atoms with Gasteiger partial charge in [-0.3, -0.25) is 9.69 Å². The average molecular weight is 418 g/mol. The molecule has 1 saturated heterocycles. The number of ether oxygens (including phenoxy) is 2. The minimum Gasteiger partial charge on any atom is -0.454 e. The Bertz CT molecular complexity index is 1070. The minimum absolute atomic E-state index is 0.0687. The maximum Gasteiger partial charge on any atom is 0.231 e. The summed E-state index contributed by atoms with van der Waals surface area (Å²) < 4.78 is 10.9. The summed E-state index contributed by atoms with van der Waals surface area (Å²) in [5.74, 6) is 1.74. The van der Waals surface area contributed by atoms with E-state index in [0.29, 0.717) is 13.2 Å². The van der Waals surface area contributed by atoms with Crippen LogP contribution < -0.4 is 14.8 Å². The summed E-state index contributed by atoms with van der Waals surface area (Å²) in [7, 11) is 0. The number of amides is 1. The number of nitrogens with zero attached hydrogens (tertiary/aromatic N) is 2. The maximum absolute atomic E-state index is 12.5. The number of piperazine rings is 1. The van der Waals surface area contributed by atoms with Crippen LogP contribution in [0.2, 0.25) is 0 Å². The van der Waals surface area contributed by atoms with E-state index in [1.165, 1.54) is 5.56 Å². The van der Waals surface area contributed by atoms with Crippen molar-refractivity contribution in [2.45, 2.75) is 13.0 Å². The lowest BCUT2D eigenvalue weighted by atomic mass is 10.1. The zero-order chi connectivity index (χ0) is 21.0. The lowest BCUT2D eigenvalue weighted by Crippen LogP contribution is -2.46. The number of benzene rings is 3. The van der Waals surface area contributed by atoms with Gasteiger partial charge in [-0.05, 0) is 29.1 Å². The highest BCUT2D eigenvalue weighted by atomic mass is 16.7. The van der Waals surface area contributed by atoms with E-state index in [-0.39, 0.29) is 5.91 Å². The lowest BCUT2D eigenvalue weighted by Gasteiger charge is -2.34. The van der Waals surface area contributed by atoms with Crippen LogP contribution in [0.1, 0.15) is 12.0 Å². The van der Waals surface area contributed by atoms with Crippen molar-refractivity contribution in [1.82, 2.24) is 9.80 Å². The van der Waals surface area contributed by atoms with Gasteiger partial charge in [-0.1, -0.05) is 42.5 Å². The number of hydrogen-bond donors (Lipinski definition) is 1. The molecule has 160 valence electrons. The minimum atomic E-state index is 0.0687. The van der Waals surface area contributed by atoms with Crippen LogP contribution in [0.3, 0.4) is 0 Å². The van der Waals surface area contributed by atoms with Crippen LogP contribution in [0.15, 0.2) is 60.7 Å². The second-order valence-corrected chi connectivity index (χ2v) is 8.13. The summed E-state index contributed by atoms with van der Waals surface area (Å²) in [4.78, 5) is 17.3. The predicted octanol–water partition coefficient (Wildman–Crippen LogP) is 3.71. The fourth-order valence-electron chi connectivity index (χ4n) is 4.28. The summed E-state index contributed by atoms with van der Waals surface area (Å²) in [5.41, 5.74) is 2.13. The fourth-order valence-corrected chi connectivity index (χ4v) is 4.28. The topological polar surface area (TPSA) is 54.0 Å². The number of nitrogens with one attached hydrogen (secondary N) is 1. The predicted molar refractivity (Wildman–Crippen MR) is 121 cm³/mol. The molecule has 1 N–H and O–H groups in total. The molecule has 0 unspecified atom stereocenters. The van der Waals surface area contributed by atoms with Gasteiger partial charge in [-0.15, -0.1) is 0 Å². The summed E-state index contributed by atoms with van der Waals surface area (Å²) in [6, 6.07) is 20.3. The van der Waals surface area contributed by atoms with Crippen LogP contribution in [0.5, 0.6) is 11.5 Å².